The Morgan fingerprint density at radius 1 is 1.09 bits per heavy atom. The van der Waals surface area contributed by atoms with Gasteiger partial charge in [-0.2, -0.15) is 0 Å². The van der Waals surface area contributed by atoms with Gasteiger partial charge in [0, 0.05) is 25.4 Å². The molecule has 3 saturated carbocycles. The summed E-state index contributed by atoms with van der Waals surface area (Å²) in [7, 11) is 0. The zero-order valence-corrected chi connectivity index (χ0v) is 14.7. The van der Waals surface area contributed by atoms with Crippen LogP contribution in [0.2, 0.25) is 0 Å². The maximum Gasteiger partial charge on any atom is 0.136 e. The second-order valence-electron chi connectivity index (χ2n) is 9.72. The summed E-state index contributed by atoms with van der Waals surface area (Å²) in [5, 5.41) is 3.61. The number of hydrogen-bond acceptors (Lipinski definition) is 2. The minimum Gasteiger partial charge on any atom is -0.311 e. The Kier molecular flexibility index (Phi) is 3.01. The van der Waals surface area contributed by atoms with Crippen LogP contribution in [0.5, 0.6) is 0 Å². The SMILES string of the molecule is C[C@]12CC[C@H]3[C@@H](CC=C4CC(=O)CC[C@@]43C)[C@@H]1CC[C@@H]2[C@H]1CN1. The fourth-order valence-electron chi connectivity index (χ4n) is 7.53. The van der Waals surface area contributed by atoms with E-state index in [2.05, 4.69) is 25.2 Å². The lowest BCUT2D eigenvalue weighted by molar-refractivity contribution is -0.122. The van der Waals surface area contributed by atoms with E-state index in [9.17, 15) is 4.79 Å². The predicted molar refractivity (Wildman–Crippen MR) is 92.0 cm³/mol. The van der Waals surface area contributed by atoms with Gasteiger partial charge in [-0.05, 0) is 73.0 Å². The fourth-order valence-corrected chi connectivity index (χ4v) is 7.53. The Labute approximate surface area is 140 Å². The van der Waals surface area contributed by atoms with Crippen LogP contribution in [0.1, 0.15) is 65.2 Å². The molecule has 7 atom stereocenters. The van der Waals surface area contributed by atoms with Gasteiger partial charge in [-0.3, -0.25) is 4.79 Å². The molecule has 1 saturated heterocycles. The van der Waals surface area contributed by atoms with Crippen LogP contribution in [0.25, 0.3) is 0 Å². The van der Waals surface area contributed by atoms with Crippen LogP contribution in [-0.2, 0) is 4.79 Å². The number of allylic oxidation sites excluding steroid dienone is 2. The molecule has 4 aliphatic carbocycles. The summed E-state index contributed by atoms with van der Waals surface area (Å²) in [4.78, 5) is 11.9. The molecule has 4 fully saturated rings. The van der Waals surface area contributed by atoms with Gasteiger partial charge in [-0.15, -0.1) is 0 Å². The Morgan fingerprint density at radius 2 is 1.87 bits per heavy atom. The molecule has 1 aliphatic heterocycles. The summed E-state index contributed by atoms with van der Waals surface area (Å²) in [5.41, 5.74) is 2.44. The summed E-state index contributed by atoms with van der Waals surface area (Å²) in [5.74, 6) is 4.08. The molecule has 0 aromatic carbocycles. The van der Waals surface area contributed by atoms with E-state index in [4.69, 9.17) is 0 Å². The summed E-state index contributed by atoms with van der Waals surface area (Å²) in [6.45, 7) is 6.39. The molecular weight excluding hydrogens is 282 g/mol. The van der Waals surface area contributed by atoms with Gasteiger partial charge in [0.1, 0.15) is 5.78 Å². The minimum atomic E-state index is 0.341. The first kappa shape index (κ1) is 14.7. The molecule has 1 heterocycles. The molecule has 5 aliphatic rings. The molecule has 5 rings (SSSR count). The third-order valence-electron chi connectivity index (χ3n) is 8.94. The lowest BCUT2D eigenvalue weighted by Gasteiger charge is -2.57. The van der Waals surface area contributed by atoms with Crippen molar-refractivity contribution in [2.24, 2.45) is 34.5 Å². The second-order valence-corrected chi connectivity index (χ2v) is 9.72. The van der Waals surface area contributed by atoms with Crippen LogP contribution in [0.3, 0.4) is 0 Å². The minimum absolute atomic E-state index is 0.341. The quantitative estimate of drug-likeness (QED) is 0.584. The average molecular weight is 313 g/mol. The number of ketones is 1. The lowest BCUT2D eigenvalue weighted by atomic mass is 9.47. The van der Waals surface area contributed by atoms with Crippen molar-refractivity contribution in [3.63, 3.8) is 0 Å². The van der Waals surface area contributed by atoms with Crippen molar-refractivity contribution in [2.75, 3.05) is 6.54 Å². The fraction of sp³-hybridized carbons (Fsp3) is 0.857. The first-order valence-corrected chi connectivity index (χ1v) is 9.97. The van der Waals surface area contributed by atoms with Crippen LogP contribution >= 0.6 is 0 Å². The molecule has 0 spiro atoms. The standard InChI is InChI=1S/C21H31NO/c1-20-9-7-14(23)11-13(20)3-4-15-16-5-6-18(19-12-22-19)21(16,2)10-8-17(15)20/h3,15-19,22H,4-12H2,1-2H3/t15-,16-,17-,18+,19+,20-,21-/m0/s1. The molecule has 0 radical (unpaired) electrons. The Morgan fingerprint density at radius 3 is 2.65 bits per heavy atom. The van der Waals surface area contributed by atoms with Gasteiger partial charge in [0.15, 0.2) is 0 Å². The van der Waals surface area contributed by atoms with E-state index < -0.39 is 0 Å². The molecule has 0 unspecified atom stereocenters. The van der Waals surface area contributed by atoms with Gasteiger partial charge in [-0.1, -0.05) is 25.5 Å². The van der Waals surface area contributed by atoms with Crippen molar-refractivity contribution >= 4 is 5.78 Å². The van der Waals surface area contributed by atoms with Crippen molar-refractivity contribution in [3.8, 4) is 0 Å². The summed E-state index contributed by atoms with van der Waals surface area (Å²) < 4.78 is 0. The normalized spacial score (nSPS) is 54.8. The van der Waals surface area contributed by atoms with E-state index >= 15 is 0 Å². The third kappa shape index (κ3) is 1.94. The molecule has 23 heavy (non-hydrogen) atoms. The van der Waals surface area contributed by atoms with Gasteiger partial charge in [0.05, 0.1) is 0 Å². The smallest absolute Gasteiger partial charge is 0.136 e. The molecule has 0 aromatic rings. The average Bonchev–Trinajstić information content (AvgIpc) is 3.29. The molecule has 2 heteroatoms. The summed E-state index contributed by atoms with van der Waals surface area (Å²) >= 11 is 0. The van der Waals surface area contributed by atoms with Crippen molar-refractivity contribution in [1.82, 2.24) is 5.32 Å². The van der Waals surface area contributed by atoms with E-state index in [1.807, 2.05) is 0 Å². The van der Waals surface area contributed by atoms with Crippen LogP contribution in [-0.4, -0.2) is 18.4 Å². The second kappa shape index (κ2) is 4.71. The van der Waals surface area contributed by atoms with E-state index in [0.717, 1.165) is 49.0 Å². The van der Waals surface area contributed by atoms with Crippen molar-refractivity contribution in [2.45, 2.75) is 71.3 Å². The zero-order chi connectivity index (χ0) is 15.8. The van der Waals surface area contributed by atoms with Gasteiger partial charge in [0.2, 0.25) is 0 Å². The zero-order valence-electron chi connectivity index (χ0n) is 14.7. The molecule has 2 nitrogen and oxygen atoms in total. The first-order valence-electron chi connectivity index (χ1n) is 9.97. The molecule has 1 N–H and O–H groups in total. The molecule has 0 bridgehead atoms. The monoisotopic (exact) mass is 313 g/mol. The van der Waals surface area contributed by atoms with Crippen molar-refractivity contribution in [3.05, 3.63) is 11.6 Å². The highest BCUT2D eigenvalue weighted by molar-refractivity contribution is 5.82. The highest BCUT2D eigenvalue weighted by Gasteiger charge is 2.60. The lowest BCUT2D eigenvalue weighted by Crippen LogP contribution is -2.50. The van der Waals surface area contributed by atoms with E-state index in [1.165, 1.54) is 44.2 Å². The van der Waals surface area contributed by atoms with Crippen LogP contribution in [0, 0.1) is 34.5 Å². The summed E-state index contributed by atoms with van der Waals surface area (Å²) in [6.07, 6.45) is 12.2. The Hall–Kier alpha value is -0.630. The largest absolute Gasteiger partial charge is 0.311 e. The van der Waals surface area contributed by atoms with Gasteiger partial charge in [-0.25, -0.2) is 0 Å². The maximum absolute atomic E-state index is 11.9. The van der Waals surface area contributed by atoms with Gasteiger partial charge in [0.25, 0.3) is 0 Å². The molecule has 0 aromatic heterocycles. The first-order chi connectivity index (χ1) is 11.0. The number of fused-ring (bicyclic) bond motifs is 5. The van der Waals surface area contributed by atoms with Crippen molar-refractivity contribution < 1.29 is 4.79 Å². The number of nitrogens with one attached hydrogen (secondary N) is 1. The van der Waals surface area contributed by atoms with Crippen molar-refractivity contribution in [1.29, 1.82) is 0 Å². The number of Topliss-reactive ketones (excluding diaryl/α,β-unsaturated/α-hetero) is 1. The van der Waals surface area contributed by atoms with Crippen LogP contribution in [0.15, 0.2) is 11.6 Å². The van der Waals surface area contributed by atoms with Crippen LogP contribution < -0.4 is 5.32 Å². The van der Waals surface area contributed by atoms with E-state index in [0.29, 0.717) is 16.6 Å². The third-order valence-corrected chi connectivity index (χ3v) is 8.94. The molecule has 126 valence electrons. The Bertz CT molecular complexity index is 576. The molecule has 0 amide bonds. The molecular formula is C21H31NO. The highest BCUT2D eigenvalue weighted by Crippen LogP contribution is 2.66. The maximum atomic E-state index is 11.9. The number of carbonyl (C=O) groups excluding carboxylic acids is 1. The van der Waals surface area contributed by atoms with Gasteiger partial charge >= 0.3 is 0 Å². The Balaban J connectivity index is 1.48. The van der Waals surface area contributed by atoms with Crippen LogP contribution in [0.4, 0.5) is 0 Å². The number of carbonyl (C=O) groups is 1. The van der Waals surface area contributed by atoms with E-state index in [1.54, 1.807) is 0 Å². The topological polar surface area (TPSA) is 39.0 Å². The van der Waals surface area contributed by atoms with Gasteiger partial charge < -0.3 is 5.32 Å². The predicted octanol–water partition coefficient (Wildman–Crippen LogP) is 4.11. The number of hydrogen-bond donors (Lipinski definition) is 1. The number of rotatable bonds is 1. The van der Waals surface area contributed by atoms with E-state index in [-0.39, 0.29) is 0 Å². The highest BCUT2D eigenvalue weighted by atomic mass is 16.1. The summed E-state index contributed by atoms with van der Waals surface area (Å²) in [6, 6.07) is 0.833.